The SMILES string of the molecule is Cc1sc(C(N)C(=O)O)cc1C(=O)O. The van der Waals surface area contributed by atoms with Crippen molar-refractivity contribution in [3.8, 4) is 0 Å². The number of aromatic carboxylic acids is 1. The van der Waals surface area contributed by atoms with E-state index in [0.717, 1.165) is 11.3 Å². The molecule has 1 aromatic heterocycles. The Morgan fingerprint density at radius 2 is 2.07 bits per heavy atom. The van der Waals surface area contributed by atoms with Crippen LogP contribution in [0.15, 0.2) is 6.07 Å². The molecule has 5 nitrogen and oxygen atoms in total. The molecule has 0 radical (unpaired) electrons. The number of hydrogen-bond acceptors (Lipinski definition) is 4. The second-order valence-corrected chi connectivity index (χ2v) is 4.03. The molecule has 1 atom stereocenters. The number of rotatable bonds is 3. The second kappa shape index (κ2) is 3.77. The van der Waals surface area contributed by atoms with Gasteiger partial charge in [0.25, 0.3) is 0 Å². The highest BCUT2D eigenvalue weighted by Crippen LogP contribution is 2.25. The molecule has 0 saturated heterocycles. The van der Waals surface area contributed by atoms with E-state index < -0.39 is 18.0 Å². The van der Waals surface area contributed by atoms with Gasteiger partial charge in [0, 0.05) is 9.75 Å². The van der Waals surface area contributed by atoms with Gasteiger partial charge in [0.15, 0.2) is 0 Å². The van der Waals surface area contributed by atoms with Gasteiger partial charge < -0.3 is 15.9 Å². The molecule has 76 valence electrons. The molecule has 0 saturated carbocycles. The molecule has 0 spiro atoms. The molecule has 0 aromatic carbocycles. The lowest BCUT2D eigenvalue weighted by atomic mass is 10.2. The minimum absolute atomic E-state index is 0.113. The number of thiophene rings is 1. The second-order valence-electron chi connectivity index (χ2n) is 2.74. The van der Waals surface area contributed by atoms with Crippen LogP contribution in [-0.2, 0) is 4.79 Å². The summed E-state index contributed by atoms with van der Waals surface area (Å²) < 4.78 is 0. The predicted octanol–water partition coefficient (Wildman–Crippen LogP) is 0.839. The number of carboxylic acid groups (broad SMARTS) is 2. The Morgan fingerprint density at radius 3 is 2.43 bits per heavy atom. The molecule has 6 heteroatoms. The average molecular weight is 215 g/mol. The molecule has 0 bridgehead atoms. The summed E-state index contributed by atoms with van der Waals surface area (Å²) in [6.07, 6.45) is 0. The van der Waals surface area contributed by atoms with Crippen LogP contribution in [0.4, 0.5) is 0 Å². The normalized spacial score (nSPS) is 12.4. The van der Waals surface area contributed by atoms with Crippen molar-refractivity contribution < 1.29 is 19.8 Å². The number of carbonyl (C=O) groups is 2. The van der Waals surface area contributed by atoms with E-state index in [1.807, 2.05) is 0 Å². The Bertz CT molecular complexity index is 385. The highest BCUT2D eigenvalue weighted by atomic mass is 32.1. The number of aliphatic carboxylic acids is 1. The van der Waals surface area contributed by atoms with Gasteiger partial charge >= 0.3 is 11.9 Å². The standard InChI is InChI=1S/C8H9NO4S/c1-3-4(7(10)11)2-5(14-3)6(9)8(12)13/h2,6H,9H2,1H3,(H,10,11)(H,12,13). The monoisotopic (exact) mass is 215 g/mol. The van der Waals surface area contributed by atoms with Gasteiger partial charge in [0.1, 0.15) is 6.04 Å². The van der Waals surface area contributed by atoms with Crippen molar-refractivity contribution in [1.29, 1.82) is 0 Å². The minimum atomic E-state index is -1.16. The highest BCUT2D eigenvalue weighted by molar-refractivity contribution is 7.12. The van der Waals surface area contributed by atoms with Gasteiger partial charge in [-0.15, -0.1) is 11.3 Å². The maximum atomic E-state index is 10.6. The molecule has 0 aliphatic heterocycles. The Balaban J connectivity index is 3.08. The Hall–Kier alpha value is -1.40. The van der Waals surface area contributed by atoms with E-state index in [0.29, 0.717) is 9.75 Å². The van der Waals surface area contributed by atoms with Crippen LogP contribution >= 0.6 is 11.3 Å². The van der Waals surface area contributed by atoms with Gasteiger partial charge in [0.2, 0.25) is 0 Å². The summed E-state index contributed by atoms with van der Waals surface area (Å²) >= 11 is 1.09. The number of nitrogens with two attached hydrogens (primary N) is 1. The summed E-state index contributed by atoms with van der Waals surface area (Å²) in [4.78, 5) is 22.1. The highest BCUT2D eigenvalue weighted by Gasteiger charge is 2.20. The predicted molar refractivity (Wildman–Crippen MR) is 50.6 cm³/mol. The number of carboxylic acids is 2. The van der Waals surface area contributed by atoms with Crippen LogP contribution in [0.1, 0.15) is 26.2 Å². The third-order valence-electron chi connectivity index (χ3n) is 1.74. The largest absolute Gasteiger partial charge is 0.480 e. The van der Waals surface area contributed by atoms with Crippen LogP contribution < -0.4 is 5.73 Å². The van der Waals surface area contributed by atoms with Crippen LogP contribution in [0.3, 0.4) is 0 Å². The fraction of sp³-hybridized carbons (Fsp3) is 0.250. The summed E-state index contributed by atoms with van der Waals surface area (Å²) in [6, 6.07) is 0.160. The van der Waals surface area contributed by atoms with E-state index in [-0.39, 0.29) is 5.56 Å². The van der Waals surface area contributed by atoms with E-state index in [9.17, 15) is 9.59 Å². The zero-order valence-corrected chi connectivity index (χ0v) is 8.17. The summed E-state index contributed by atoms with van der Waals surface area (Å²) in [5.41, 5.74) is 5.45. The zero-order chi connectivity index (χ0) is 10.9. The fourth-order valence-corrected chi connectivity index (χ4v) is 2.01. The fourth-order valence-electron chi connectivity index (χ4n) is 0.992. The van der Waals surface area contributed by atoms with Crippen LogP contribution in [0.25, 0.3) is 0 Å². The summed E-state index contributed by atoms with van der Waals surface area (Å²) in [5, 5.41) is 17.3. The average Bonchev–Trinajstić information content (AvgIpc) is 2.45. The first-order valence-corrected chi connectivity index (χ1v) is 4.57. The molecule has 1 unspecified atom stereocenters. The molecule has 0 aliphatic carbocycles. The van der Waals surface area contributed by atoms with Crippen LogP contribution in [0.5, 0.6) is 0 Å². The molecule has 0 fully saturated rings. The van der Waals surface area contributed by atoms with E-state index in [1.165, 1.54) is 6.07 Å². The third kappa shape index (κ3) is 1.91. The van der Waals surface area contributed by atoms with Gasteiger partial charge in [-0.05, 0) is 13.0 Å². The molecular weight excluding hydrogens is 206 g/mol. The lowest BCUT2D eigenvalue weighted by Gasteiger charge is -2.00. The lowest BCUT2D eigenvalue weighted by Crippen LogP contribution is -2.19. The van der Waals surface area contributed by atoms with Gasteiger partial charge in [-0.3, -0.25) is 4.79 Å². The van der Waals surface area contributed by atoms with Gasteiger partial charge in [-0.25, -0.2) is 4.79 Å². The van der Waals surface area contributed by atoms with Gasteiger partial charge in [-0.1, -0.05) is 0 Å². The van der Waals surface area contributed by atoms with E-state index >= 15 is 0 Å². The topological polar surface area (TPSA) is 101 Å². The quantitative estimate of drug-likeness (QED) is 0.693. The Morgan fingerprint density at radius 1 is 1.50 bits per heavy atom. The molecule has 0 amide bonds. The molecule has 0 aliphatic rings. The van der Waals surface area contributed by atoms with Crippen molar-refractivity contribution in [2.45, 2.75) is 13.0 Å². The van der Waals surface area contributed by atoms with Crippen molar-refractivity contribution in [2.24, 2.45) is 5.73 Å². The van der Waals surface area contributed by atoms with E-state index in [4.69, 9.17) is 15.9 Å². The smallest absolute Gasteiger partial charge is 0.336 e. The minimum Gasteiger partial charge on any atom is -0.480 e. The van der Waals surface area contributed by atoms with Crippen LogP contribution in [0, 0.1) is 6.92 Å². The molecule has 1 rings (SSSR count). The van der Waals surface area contributed by atoms with E-state index in [2.05, 4.69) is 0 Å². The Labute approximate surface area is 83.8 Å². The summed E-state index contributed by atoms with van der Waals surface area (Å²) in [7, 11) is 0. The number of hydrogen-bond donors (Lipinski definition) is 3. The van der Waals surface area contributed by atoms with Crippen molar-refractivity contribution in [3.63, 3.8) is 0 Å². The lowest BCUT2D eigenvalue weighted by molar-refractivity contribution is -0.138. The Kier molecular flexibility index (Phi) is 2.87. The molecule has 4 N–H and O–H groups in total. The van der Waals surface area contributed by atoms with Crippen molar-refractivity contribution in [2.75, 3.05) is 0 Å². The van der Waals surface area contributed by atoms with Crippen molar-refractivity contribution in [1.82, 2.24) is 0 Å². The molecule has 14 heavy (non-hydrogen) atoms. The van der Waals surface area contributed by atoms with Gasteiger partial charge in [-0.2, -0.15) is 0 Å². The maximum absolute atomic E-state index is 10.6. The maximum Gasteiger partial charge on any atom is 0.336 e. The first-order chi connectivity index (χ1) is 6.43. The zero-order valence-electron chi connectivity index (χ0n) is 7.35. The summed E-state index contributed by atoms with van der Waals surface area (Å²) in [6.45, 7) is 1.62. The first kappa shape index (κ1) is 10.7. The molecular formula is C8H9NO4S. The molecule has 1 aromatic rings. The first-order valence-electron chi connectivity index (χ1n) is 3.75. The number of aryl methyl sites for hydroxylation is 1. The molecule has 1 heterocycles. The van der Waals surface area contributed by atoms with Gasteiger partial charge in [0.05, 0.1) is 5.56 Å². The van der Waals surface area contributed by atoms with E-state index in [1.54, 1.807) is 6.92 Å². The van der Waals surface area contributed by atoms with Crippen LogP contribution in [-0.4, -0.2) is 22.2 Å². The van der Waals surface area contributed by atoms with Crippen molar-refractivity contribution >= 4 is 23.3 Å². The third-order valence-corrected chi connectivity index (χ3v) is 2.87. The van der Waals surface area contributed by atoms with Crippen molar-refractivity contribution in [3.05, 3.63) is 21.4 Å². The summed E-state index contributed by atoms with van der Waals surface area (Å²) in [5.74, 6) is -2.23. The van der Waals surface area contributed by atoms with Crippen LogP contribution in [0.2, 0.25) is 0 Å².